The average Bonchev–Trinajstić information content (AvgIpc) is 2.06. The highest BCUT2D eigenvalue weighted by Crippen LogP contribution is 2.29. The zero-order chi connectivity index (χ0) is 10.6. The monoisotopic (exact) mass is 211 g/mol. The van der Waals surface area contributed by atoms with E-state index in [0.29, 0.717) is 0 Å². The minimum Gasteiger partial charge on any atom is -0.369 e. The molecule has 3 nitrogen and oxygen atoms in total. The van der Waals surface area contributed by atoms with Gasteiger partial charge in [0.1, 0.15) is 10.8 Å². The Morgan fingerprint density at radius 2 is 2.00 bits per heavy atom. The molecule has 78 valence electrons. The normalized spacial score (nSPS) is 11.4. The Morgan fingerprint density at radius 3 is 2.43 bits per heavy atom. The van der Waals surface area contributed by atoms with Crippen molar-refractivity contribution in [2.75, 3.05) is 11.9 Å². The molecule has 0 atom stereocenters. The molecular weight excluding hydrogens is 194 g/mol. The molecule has 0 fully saturated rings. The summed E-state index contributed by atoms with van der Waals surface area (Å²) in [5, 5.41) is 12.3. The maximum absolute atomic E-state index is 4.13. The molecule has 0 amide bonds. The predicted octanol–water partition coefficient (Wildman–Crippen LogP) is 2.80. The number of hydrogen-bond donors (Lipinski definition) is 1. The van der Waals surface area contributed by atoms with Gasteiger partial charge in [0.25, 0.3) is 0 Å². The topological polar surface area (TPSA) is 37.8 Å². The standard InChI is InChI=1S/C10H17N3S/c1-5-11-8-6-7-9(13-12-8)14-10(2,3)4/h6-7H,5H2,1-4H3,(H,11,12). The van der Waals surface area contributed by atoms with Crippen LogP contribution in [0.5, 0.6) is 0 Å². The van der Waals surface area contributed by atoms with E-state index in [-0.39, 0.29) is 4.75 Å². The number of aromatic nitrogens is 2. The molecule has 1 rings (SSSR count). The fourth-order valence-electron chi connectivity index (χ4n) is 0.964. The summed E-state index contributed by atoms with van der Waals surface area (Å²) in [5.74, 6) is 0.839. The fourth-order valence-corrected chi connectivity index (χ4v) is 1.81. The lowest BCUT2D eigenvalue weighted by Crippen LogP contribution is -2.08. The summed E-state index contributed by atoms with van der Waals surface area (Å²) in [6, 6.07) is 3.96. The van der Waals surface area contributed by atoms with Gasteiger partial charge in [-0.1, -0.05) is 32.5 Å². The van der Waals surface area contributed by atoms with Crippen molar-refractivity contribution in [3.63, 3.8) is 0 Å². The van der Waals surface area contributed by atoms with Gasteiger partial charge in [-0.05, 0) is 19.1 Å². The highest BCUT2D eigenvalue weighted by atomic mass is 32.2. The lowest BCUT2D eigenvalue weighted by atomic mass is 10.3. The Kier molecular flexibility index (Phi) is 3.75. The first-order valence-electron chi connectivity index (χ1n) is 4.78. The van der Waals surface area contributed by atoms with Crippen molar-refractivity contribution in [2.45, 2.75) is 37.5 Å². The summed E-state index contributed by atoms with van der Waals surface area (Å²) in [4.78, 5) is 0. The summed E-state index contributed by atoms with van der Waals surface area (Å²) in [6.45, 7) is 9.41. The van der Waals surface area contributed by atoms with Gasteiger partial charge in [0.15, 0.2) is 0 Å². The van der Waals surface area contributed by atoms with Crippen LogP contribution < -0.4 is 5.32 Å². The molecule has 0 aliphatic carbocycles. The Labute approximate surface area is 89.7 Å². The van der Waals surface area contributed by atoms with Gasteiger partial charge in [0.2, 0.25) is 0 Å². The minimum atomic E-state index is 0.189. The van der Waals surface area contributed by atoms with Crippen LogP contribution in [-0.4, -0.2) is 21.5 Å². The number of anilines is 1. The molecule has 0 unspecified atom stereocenters. The van der Waals surface area contributed by atoms with Crippen molar-refractivity contribution in [1.29, 1.82) is 0 Å². The van der Waals surface area contributed by atoms with Crippen LogP contribution in [0.3, 0.4) is 0 Å². The third-order valence-corrected chi connectivity index (χ3v) is 2.45. The smallest absolute Gasteiger partial charge is 0.148 e. The lowest BCUT2D eigenvalue weighted by molar-refractivity contribution is 0.794. The van der Waals surface area contributed by atoms with Gasteiger partial charge in [-0.3, -0.25) is 0 Å². The van der Waals surface area contributed by atoms with E-state index in [1.54, 1.807) is 11.8 Å². The van der Waals surface area contributed by atoms with E-state index in [1.165, 1.54) is 0 Å². The van der Waals surface area contributed by atoms with Crippen LogP contribution in [0, 0.1) is 0 Å². The zero-order valence-electron chi connectivity index (χ0n) is 9.16. The molecule has 0 aliphatic heterocycles. The van der Waals surface area contributed by atoms with Crippen molar-refractivity contribution in [1.82, 2.24) is 10.2 Å². The summed E-state index contributed by atoms with van der Waals surface area (Å²) in [7, 11) is 0. The molecule has 0 spiro atoms. The first-order chi connectivity index (χ1) is 6.51. The van der Waals surface area contributed by atoms with Crippen molar-refractivity contribution in [3.8, 4) is 0 Å². The van der Waals surface area contributed by atoms with E-state index in [9.17, 15) is 0 Å². The third kappa shape index (κ3) is 3.96. The SMILES string of the molecule is CCNc1ccc(SC(C)(C)C)nn1. The van der Waals surface area contributed by atoms with Gasteiger partial charge in [-0.25, -0.2) is 0 Å². The van der Waals surface area contributed by atoms with Crippen molar-refractivity contribution in [2.24, 2.45) is 0 Å². The molecule has 4 heteroatoms. The molecule has 0 aromatic carbocycles. The summed E-state index contributed by atoms with van der Waals surface area (Å²) in [5.41, 5.74) is 0. The van der Waals surface area contributed by atoms with E-state index in [4.69, 9.17) is 0 Å². The largest absolute Gasteiger partial charge is 0.369 e. The van der Waals surface area contributed by atoms with Gasteiger partial charge >= 0.3 is 0 Å². The Hall–Kier alpha value is -0.770. The highest BCUT2D eigenvalue weighted by molar-refractivity contribution is 8.00. The first-order valence-corrected chi connectivity index (χ1v) is 5.59. The van der Waals surface area contributed by atoms with E-state index in [0.717, 1.165) is 17.4 Å². The van der Waals surface area contributed by atoms with Crippen LogP contribution in [0.15, 0.2) is 17.2 Å². The van der Waals surface area contributed by atoms with Gasteiger partial charge in [-0.15, -0.1) is 10.2 Å². The molecule has 1 aromatic heterocycles. The Bertz CT molecular complexity index is 276. The highest BCUT2D eigenvalue weighted by Gasteiger charge is 2.12. The molecular formula is C10H17N3S. The summed E-state index contributed by atoms with van der Waals surface area (Å²) >= 11 is 1.73. The van der Waals surface area contributed by atoms with Crippen LogP contribution in [0.25, 0.3) is 0 Å². The van der Waals surface area contributed by atoms with E-state index in [2.05, 4.69) is 36.3 Å². The molecule has 14 heavy (non-hydrogen) atoms. The molecule has 1 N–H and O–H groups in total. The molecule has 1 heterocycles. The quantitative estimate of drug-likeness (QED) is 0.780. The fraction of sp³-hybridized carbons (Fsp3) is 0.600. The number of hydrogen-bond acceptors (Lipinski definition) is 4. The van der Waals surface area contributed by atoms with Crippen LogP contribution in [0.4, 0.5) is 5.82 Å². The van der Waals surface area contributed by atoms with Gasteiger partial charge in [0, 0.05) is 11.3 Å². The van der Waals surface area contributed by atoms with Crippen LogP contribution in [-0.2, 0) is 0 Å². The van der Waals surface area contributed by atoms with E-state index < -0.39 is 0 Å². The molecule has 0 saturated carbocycles. The molecule has 1 aromatic rings. The number of nitrogens with one attached hydrogen (secondary N) is 1. The van der Waals surface area contributed by atoms with Crippen molar-refractivity contribution >= 4 is 17.6 Å². The molecule has 0 bridgehead atoms. The third-order valence-electron chi connectivity index (χ3n) is 1.41. The molecule has 0 saturated heterocycles. The Morgan fingerprint density at radius 1 is 1.29 bits per heavy atom. The van der Waals surface area contributed by atoms with Crippen LogP contribution in [0.1, 0.15) is 27.7 Å². The first kappa shape index (κ1) is 11.3. The zero-order valence-corrected chi connectivity index (χ0v) is 9.98. The minimum absolute atomic E-state index is 0.189. The number of rotatable bonds is 3. The van der Waals surface area contributed by atoms with E-state index >= 15 is 0 Å². The predicted molar refractivity (Wildman–Crippen MR) is 61.8 cm³/mol. The van der Waals surface area contributed by atoms with Crippen LogP contribution >= 0.6 is 11.8 Å². The van der Waals surface area contributed by atoms with Gasteiger partial charge in [0.05, 0.1) is 0 Å². The lowest BCUT2D eigenvalue weighted by Gasteiger charge is -2.16. The second kappa shape index (κ2) is 4.64. The second-order valence-electron chi connectivity index (χ2n) is 4.00. The maximum atomic E-state index is 4.13. The van der Waals surface area contributed by atoms with Gasteiger partial charge in [-0.2, -0.15) is 0 Å². The van der Waals surface area contributed by atoms with Crippen LogP contribution in [0.2, 0.25) is 0 Å². The Balaban J connectivity index is 2.64. The van der Waals surface area contributed by atoms with Crippen molar-refractivity contribution in [3.05, 3.63) is 12.1 Å². The van der Waals surface area contributed by atoms with E-state index in [1.807, 2.05) is 19.1 Å². The van der Waals surface area contributed by atoms with Gasteiger partial charge < -0.3 is 5.32 Å². The molecule has 0 radical (unpaired) electrons. The maximum Gasteiger partial charge on any atom is 0.148 e. The number of thioether (sulfide) groups is 1. The summed E-state index contributed by atoms with van der Waals surface area (Å²) < 4.78 is 0.189. The van der Waals surface area contributed by atoms with Crippen molar-refractivity contribution < 1.29 is 0 Å². The molecule has 0 aliphatic rings. The average molecular weight is 211 g/mol. The number of nitrogens with zero attached hydrogens (tertiary/aromatic N) is 2. The second-order valence-corrected chi connectivity index (χ2v) is 5.85. The summed E-state index contributed by atoms with van der Waals surface area (Å²) in [6.07, 6.45) is 0.